The molecule has 25 heavy (non-hydrogen) atoms. The molecule has 1 atom stereocenters. The smallest absolute Gasteiger partial charge is 0.234 e. The van der Waals surface area contributed by atoms with Gasteiger partial charge < -0.3 is 10.2 Å². The van der Waals surface area contributed by atoms with Crippen LogP contribution in [0.5, 0.6) is 0 Å². The molecule has 0 radical (unpaired) electrons. The molecule has 1 aliphatic carbocycles. The predicted molar refractivity (Wildman–Crippen MR) is 103 cm³/mol. The van der Waals surface area contributed by atoms with Crippen molar-refractivity contribution in [2.75, 3.05) is 46.3 Å². The minimum Gasteiger partial charge on any atom is -0.354 e. The topological polar surface area (TPSA) is 35.6 Å². The van der Waals surface area contributed by atoms with Crippen LogP contribution in [0, 0.1) is 5.92 Å². The first-order valence-electron chi connectivity index (χ1n) is 9.95. The Morgan fingerprint density at radius 1 is 1.08 bits per heavy atom. The van der Waals surface area contributed by atoms with Gasteiger partial charge in [-0.05, 0) is 50.9 Å². The summed E-state index contributed by atoms with van der Waals surface area (Å²) in [6, 6.07) is 10.8. The summed E-state index contributed by atoms with van der Waals surface area (Å²) >= 11 is 0. The van der Waals surface area contributed by atoms with Gasteiger partial charge in [-0.3, -0.25) is 9.69 Å². The number of carbonyl (C=O) groups excluding carboxylic acids is 1. The van der Waals surface area contributed by atoms with E-state index in [9.17, 15) is 4.79 Å². The molecule has 0 unspecified atom stereocenters. The van der Waals surface area contributed by atoms with Gasteiger partial charge >= 0.3 is 0 Å². The molecular formula is C21H33N3O. The average Bonchev–Trinajstić information content (AvgIpc) is 3.07. The van der Waals surface area contributed by atoms with Crippen molar-refractivity contribution in [1.29, 1.82) is 0 Å². The van der Waals surface area contributed by atoms with Gasteiger partial charge in [-0.25, -0.2) is 0 Å². The van der Waals surface area contributed by atoms with E-state index in [1.54, 1.807) is 0 Å². The molecule has 4 nitrogen and oxygen atoms in total. The van der Waals surface area contributed by atoms with Crippen LogP contribution < -0.4 is 5.32 Å². The normalized spacial score (nSPS) is 21.8. The first-order valence-corrected chi connectivity index (χ1v) is 9.95. The predicted octanol–water partition coefficient (Wildman–Crippen LogP) is 2.71. The lowest BCUT2D eigenvalue weighted by Gasteiger charge is -2.25. The lowest BCUT2D eigenvalue weighted by molar-refractivity contribution is -0.122. The summed E-state index contributed by atoms with van der Waals surface area (Å²) in [4.78, 5) is 17.1. The number of hydrogen-bond acceptors (Lipinski definition) is 3. The van der Waals surface area contributed by atoms with E-state index in [1.807, 2.05) is 0 Å². The summed E-state index contributed by atoms with van der Waals surface area (Å²) in [5, 5.41) is 3.24. The molecule has 1 heterocycles. The third kappa shape index (κ3) is 5.55. The highest BCUT2D eigenvalue weighted by Crippen LogP contribution is 2.36. The fourth-order valence-corrected chi connectivity index (χ4v) is 4.36. The van der Waals surface area contributed by atoms with Crippen LogP contribution in [0.2, 0.25) is 0 Å². The van der Waals surface area contributed by atoms with Gasteiger partial charge in [0.25, 0.3) is 0 Å². The van der Waals surface area contributed by atoms with Crippen molar-refractivity contribution in [3.63, 3.8) is 0 Å². The Bertz CT molecular complexity index is 527. The highest BCUT2D eigenvalue weighted by atomic mass is 16.2. The molecule has 4 heteroatoms. The summed E-state index contributed by atoms with van der Waals surface area (Å²) < 4.78 is 0. The van der Waals surface area contributed by atoms with Crippen molar-refractivity contribution < 1.29 is 4.79 Å². The molecule has 2 aliphatic rings. The highest BCUT2D eigenvalue weighted by molar-refractivity contribution is 5.78. The second-order valence-electron chi connectivity index (χ2n) is 7.80. The van der Waals surface area contributed by atoms with E-state index in [2.05, 4.69) is 52.5 Å². The van der Waals surface area contributed by atoms with Gasteiger partial charge in [-0.15, -0.1) is 0 Å². The van der Waals surface area contributed by atoms with Gasteiger partial charge in [0.05, 0.1) is 6.54 Å². The molecule has 0 spiro atoms. The van der Waals surface area contributed by atoms with Crippen molar-refractivity contribution >= 4 is 5.91 Å². The van der Waals surface area contributed by atoms with Crippen LogP contribution in [0.15, 0.2) is 30.3 Å². The monoisotopic (exact) mass is 343 g/mol. The Labute approximate surface area is 152 Å². The molecule has 1 aliphatic heterocycles. The maximum atomic E-state index is 12.5. The molecule has 3 rings (SSSR count). The van der Waals surface area contributed by atoms with Crippen LogP contribution in [0.1, 0.15) is 43.6 Å². The van der Waals surface area contributed by atoms with Gasteiger partial charge in [0.1, 0.15) is 0 Å². The van der Waals surface area contributed by atoms with Gasteiger partial charge in [0.15, 0.2) is 0 Å². The van der Waals surface area contributed by atoms with Gasteiger partial charge in [0.2, 0.25) is 5.91 Å². The second kappa shape index (κ2) is 9.35. The Hall–Kier alpha value is -1.39. The highest BCUT2D eigenvalue weighted by Gasteiger charge is 2.26. The lowest BCUT2D eigenvalue weighted by Crippen LogP contribution is -2.40. The number of nitrogens with one attached hydrogen (secondary N) is 1. The fraction of sp³-hybridized carbons (Fsp3) is 0.667. The van der Waals surface area contributed by atoms with Gasteiger partial charge in [0, 0.05) is 25.6 Å². The van der Waals surface area contributed by atoms with Crippen molar-refractivity contribution in [3.05, 3.63) is 35.9 Å². The van der Waals surface area contributed by atoms with E-state index in [4.69, 9.17) is 0 Å². The minimum atomic E-state index is 0.184. The number of carbonyl (C=O) groups is 1. The second-order valence-corrected chi connectivity index (χ2v) is 7.80. The SMILES string of the molecule is CN1CCCN(CC(=O)NC[C@@H](c2ccccc2)C2CCCC2)CC1. The van der Waals surface area contributed by atoms with E-state index >= 15 is 0 Å². The third-order valence-corrected chi connectivity index (χ3v) is 5.90. The number of rotatable bonds is 6. The molecule has 2 fully saturated rings. The largest absolute Gasteiger partial charge is 0.354 e. The Morgan fingerprint density at radius 3 is 2.60 bits per heavy atom. The molecule has 1 N–H and O–H groups in total. The molecular weight excluding hydrogens is 310 g/mol. The Kier molecular flexibility index (Phi) is 6.88. The number of likely N-dealkylation sites (N-methyl/N-ethyl adjacent to an activating group) is 1. The summed E-state index contributed by atoms with van der Waals surface area (Å²) in [5.74, 6) is 1.36. The average molecular weight is 344 g/mol. The fourth-order valence-electron chi connectivity index (χ4n) is 4.36. The summed E-state index contributed by atoms with van der Waals surface area (Å²) in [6.45, 7) is 5.54. The number of amides is 1. The van der Waals surface area contributed by atoms with Crippen LogP contribution in [-0.2, 0) is 4.79 Å². The molecule has 1 saturated carbocycles. The van der Waals surface area contributed by atoms with E-state index in [0.717, 1.165) is 45.1 Å². The van der Waals surface area contributed by atoms with Crippen LogP contribution in [0.3, 0.4) is 0 Å². The van der Waals surface area contributed by atoms with Crippen LogP contribution in [0.4, 0.5) is 0 Å². The first kappa shape index (κ1) is 18.4. The van der Waals surface area contributed by atoms with E-state index < -0.39 is 0 Å². The van der Waals surface area contributed by atoms with Crippen molar-refractivity contribution in [3.8, 4) is 0 Å². The lowest BCUT2D eigenvalue weighted by atomic mass is 9.85. The molecule has 0 bridgehead atoms. The quantitative estimate of drug-likeness (QED) is 0.863. The summed E-state index contributed by atoms with van der Waals surface area (Å²) in [7, 11) is 2.16. The van der Waals surface area contributed by atoms with Crippen LogP contribution >= 0.6 is 0 Å². The van der Waals surface area contributed by atoms with Crippen LogP contribution in [0.25, 0.3) is 0 Å². The molecule has 1 aromatic rings. The number of nitrogens with zero attached hydrogens (tertiary/aromatic N) is 2. The molecule has 138 valence electrons. The van der Waals surface area contributed by atoms with Gasteiger partial charge in [-0.1, -0.05) is 43.2 Å². The van der Waals surface area contributed by atoms with E-state index in [-0.39, 0.29) is 5.91 Å². The van der Waals surface area contributed by atoms with Crippen molar-refractivity contribution in [2.24, 2.45) is 5.92 Å². The first-order chi connectivity index (χ1) is 12.2. The number of hydrogen-bond donors (Lipinski definition) is 1. The Balaban J connectivity index is 1.52. The minimum absolute atomic E-state index is 0.184. The molecule has 0 aromatic heterocycles. The Morgan fingerprint density at radius 2 is 1.84 bits per heavy atom. The van der Waals surface area contributed by atoms with Crippen molar-refractivity contribution in [2.45, 2.75) is 38.0 Å². The van der Waals surface area contributed by atoms with E-state index in [0.29, 0.717) is 12.5 Å². The summed E-state index contributed by atoms with van der Waals surface area (Å²) in [6.07, 6.45) is 6.42. The zero-order chi connectivity index (χ0) is 17.5. The number of benzene rings is 1. The zero-order valence-electron chi connectivity index (χ0n) is 15.6. The maximum absolute atomic E-state index is 12.5. The van der Waals surface area contributed by atoms with Crippen LogP contribution in [-0.4, -0.2) is 62.0 Å². The maximum Gasteiger partial charge on any atom is 0.234 e. The van der Waals surface area contributed by atoms with Gasteiger partial charge in [-0.2, -0.15) is 0 Å². The van der Waals surface area contributed by atoms with E-state index in [1.165, 1.54) is 31.2 Å². The molecule has 1 saturated heterocycles. The van der Waals surface area contributed by atoms with Crippen molar-refractivity contribution in [1.82, 2.24) is 15.1 Å². The summed E-state index contributed by atoms with van der Waals surface area (Å²) in [5.41, 5.74) is 1.38. The third-order valence-electron chi connectivity index (χ3n) is 5.90. The standard InChI is InChI=1S/C21H33N3O/c1-23-12-7-13-24(15-14-23)17-21(25)22-16-20(19-10-5-6-11-19)18-8-3-2-4-9-18/h2-4,8-9,19-20H,5-7,10-17H2,1H3,(H,22,25)/t20-/m0/s1. The zero-order valence-corrected chi connectivity index (χ0v) is 15.6. The molecule has 1 amide bonds. The molecule has 1 aromatic carbocycles.